The van der Waals surface area contributed by atoms with Gasteiger partial charge >= 0.3 is 5.97 Å². The highest BCUT2D eigenvalue weighted by Crippen LogP contribution is 2.28. The van der Waals surface area contributed by atoms with Gasteiger partial charge in [0.1, 0.15) is 0 Å². The molecule has 0 saturated heterocycles. The molecular formula is C18H26N6O2. The number of aromatic carboxylic acids is 1. The van der Waals surface area contributed by atoms with Crippen LogP contribution in [0.5, 0.6) is 0 Å². The van der Waals surface area contributed by atoms with Crippen molar-refractivity contribution in [3.63, 3.8) is 0 Å². The number of rotatable bonds is 7. The van der Waals surface area contributed by atoms with E-state index in [0.29, 0.717) is 12.4 Å². The van der Waals surface area contributed by atoms with Crippen LogP contribution in [0.2, 0.25) is 0 Å². The van der Waals surface area contributed by atoms with Crippen LogP contribution in [0.15, 0.2) is 12.4 Å². The molecule has 8 heteroatoms. The minimum absolute atomic E-state index is 0.216. The number of nitrogens with one attached hydrogen (secondary N) is 1. The molecule has 1 atom stereocenters. The fourth-order valence-corrected chi connectivity index (χ4v) is 3.60. The highest BCUT2D eigenvalue weighted by Gasteiger charge is 2.30. The Morgan fingerprint density at radius 3 is 2.77 bits per heavy atom. The van der Waals surface area contributed by atoms with Crippen LogP contribution in [0.3, 0.4) is 0 Å². The van der Waals surface area contributed by atoms with Gasteiger partial charge in [0, 0.05) is 55.4 Å². The van der Waals surface area contributed by atoms with Crippen LogP contribution in [0.1, 0.15) is 47.1 Å². The molecule has 26 heavy (non-hydrogen) atoms. The summed E-state index contributed by atoms with van der Waals surface area (Å²) < 4.78 is 1.89. The third-order valence-electron chi connectivity index (χ3n) is 4.94. The average Bonchev–Trinajstić information content (AvgIpc) is 3.01. The standard InChI is InChI=1S/C18H26N6O2/c1-4-7-24-15-6-5-13(8-14(15)16(22-24)17(25)26)23(3)11-12-9-20-18(19-2)21-10-12/h9-10,13H,4-8,11H2,1-3H3,(H,25,26)(H,19,20,21). The monoisotopic (exact) mass is 358 g/mol. The molecule has 0 aliphatic heterocycles. The molecule has 0 fully saturated rings. The summed E-state index contributed by atoms with van der Waals surface area (Å²) in [5.74, 6) is -0.330. The third-order valence-corrected chi connectivity index (χ3v) is 4.94. The number of carboxylic acid groups (broad SMARTS) is 1. The lowest BCUT2D eigenvalue weighted by Gasteiger charge is -2.31. The summed E-state index contributed by atoms with van der Waals surface area (Å²) in [7, 11) is 3.86. The lowest BCUT2D eigenvalue weighted by Crippen LogP contribution is -2.36. The Bertz CT molecular complexity index is 771. The molecule has 1 aliphatic carbocycles. The molecule has 2 heterocycles. The number of aromatic nitrogens is 4. The van der Waals surface area contributed by atoms with E-state index in [1.807, 2.05) is 17.1 Å². The second-order valence-corrected chi connectivity index (χ2v) is 6.78. The van der Waals surface area contributed by atoms with Crippen LogP contribution >= 0.6 is 0 Å². The highest BCUT2D eigenvalue weighted by atomic mass is 16.4. The maximum atomic E-state index is 11.6. The molecule has 0 bridgehead atoms. The van der Waals surface area contributed by atoms with Gasteiger partial charge in [-0.1, -0.05) is 6.92 Å². The summed E-state index contributed by atoms with van der Waals surface area (Å²) in [5.41, 5.74) is 3.25. The molecule has 140 valence electrons. The van der Waals surface area contributed by atoms with Gasteiger partial charge in [0.25, 0.3) is 0 Å². The van der Waals surface area contributed by atoms with E-state index in [1.165, 1.54) is 0 Å². The van der Waals surface area contributed by atoms with Crippen molar-refractivity contribution in [3.05, 3.63) is 34.9 Å². The number of aryl methyl sites for hydroxylation is 1. The maximum Gasteiger partial charge on any atom is 0.356 e. The van der Waals surface area contributed by atoms with E-state index < -0.39 is 5.97 Å². The first kappa shape index (κ1) is 18.3. The van der Waals surface area contributed by atoms with Crippen LogP contribution < -0.4 is 5.32 Å². The summed E-state index contributed by atoms with van der Waals surface area (Å²) in [6.45, 7) is 3.58. The Kier molecular flexibility index (Phi) is 5.51. The SMILES string of the molecule is CCCn1nc(C(=O)O)c2c1CCC(N(C)Cc1cnc(NC)nc1)C2. The van der Waals surface area contributed by atoms with Gasteiger partial charge in [-0.05, 0) is 32.7 Å². The number of hydrogen-bond acceptors (Lipinski definition) is 6. The predicted molar refractivity (Wildman–Crippen MR) is 98.3 cm³/mol. The van der Waals surface area contributed by atoms with Crippen molar-refractivity contribution in [2.24, 2.45) is 0 Å². The van der Waals surface area contributed by atoms with Crippen molar-refractivity contribution in [2.75, 3.05) is 19.4 Å². The quantitative estimate of drug-likeness (QED) is 0.779. The normalized spacial score (nSPS) is 16.5. The topological polar surface area (TPSA) is 96.2 Å². The van der Waals surface area contributed by atoms with E-state index in [2.05, 4.69) is 39.3 Å². The molecule has 1 aliphatic rings. The van der Waals surface area contributed by atoms with Crippen LogP contribution in [-0.4, -0.2) is 55.9 Å². The van der Waals surface area contributed by atoms with Crippen LogP contribution in [0.25, 0.3) is 0 Å². The largest absolute Gasteiger partial charge is 0.476 e. The average molecular weight is 358 g/mol. The molecule has 1 unspecified atom stereocenters. The van der Waals surface area contributed by atoms with Gasteiger partial charge in [0.2, 0.25) is 5.95 Å². The summed E-state index contributed by atoms with van der Waals surface area (Å²) >= 11 is 0. The Balaban J connectivity index is 1.75. The molecule has 0 spiro atoms. The summed E-state index contributed by atoms with van der Waals surface area (Å²) in [6, 6.07) is 0.281. The zero-order chi connectivity index (χ0) is 18.7. The number of likely N-dealkylation sites (N-methyl/N-ethyl adjacent to an activating group) is 1. The van der Waals surface area contributed by atoms with Crippen molar-refractivity contribution in [1.29, 1.82) is 0 Å². The van der Waals surface area contributed by atoms with Gasteiger partial charge in [-0.15, -0.1) is 0 Å². The Morgan fingerprint density at radius 2 is 2.15 bits per heavy atom. The Hall–Kier alpha value is -2.48. The summed E-state index contributed by atoms with van der Waals surface area (Å²) in [5, 5.41) is 16.8. The van der Waals surface area contributed by atoms with E-state index in [9.17, 15) is 9.90 Å². The lowest BCUT2D eigenvalue weighted by molar-refractivity contribution is 0.0687. The van der Waals surface area contributed by atoms with Gasteiger partial charge in [-0.2, -0.15) is 5.10 Å². The molecule has 2 aromatic rings. The molecule has 0 aromatic carbocycles. The van der Waals surface area contributed by atoms with E-state index in [0.717, 1.165) is 49.2 Å². The van der Waals surface area contributed by atoms with Crippen LogP contribution in [0.4, 0.5) is 5.95 Å². The van der Waals surface area contributed by atoms with E-state index in [4.69, 9.17) is 0 Å². The number of anilines is 1. The van der Waals surface area contributed by atoms with Crippen molar-refractivity contribution in [3.8, 4) is 0 Å². The third kappa shape index (κ3) is 3.70. The Labute approximate surface area is 153 Å². The molecule has 0 saturated carbocycles. The zero-order valence-electron chi connectivity index (χ0n) is 15.6. The summed E-state index contributed by atoms with van der Waals surface area (Å²) in [6.07, 6.45) is 7.16. The minimum Gasteiger partial charge on any atom is -0.476 e. The van der Waals surface area contributed by atoms with Crippen molar-refractivity contribution < 1.29 is 9.90 Å². The molecule has 0 amide bonds. The van der Waals surface area contributed by atoms with Crippen molar-refractivity contribution in [2.45, 2.75) is 51.7 Å². The molecule has 2 N–H and O–H groups in total. The fraction of sp³-hybridized carbons (Fsp3) is 0.556. The number of carbonyl (C=O) groups is 1. The van der Waals surface area contributed by atoms with Crippen LogP contribution in [0, 0.1) is 0 Å². The molecule has 0 radical (unpaired) electrons. The molecule has 8 nitrogen and oxygen atoms in total. The summed E-state index contributed by atoms with van der Waals surface area (Å²) in [4.78, 5) is 22.4. The first-order valence-corrected chi connectivity index (χ1v) is 9.04. The molecule has 3 rings (SSSR count). The van der Waals surface area contributed by atoms with E-state index in [1.54, 1.807) is 7.05 Å². The van der Waals surface area contributed by atoms with Crippen molar-refractivity contribution in [1.82, 2.24) is 24.6 Å². The van der Waals surface area contributed by atoms with E-state index in [-0.39, 0.29) is 11.7 Å². The number of hydrogen-bond donors (Lipinski definition) is 2. The smallest absolute Gasteiger partial charge is 0.356 e. The zero-order valence-corrected chi connectivity index (χ0v) is 15.6. The van der Waals surface area contributed by atoms with Crippen LogP contribution in [-0.2, 0) is 25.9 Å². The molecular weight excluding hydrogens is 332 g/mol. The predicted octanol–water partition coefficient (Wildman–Crippen LogP) is 1.81. The number of fused-ring (bicyclic) bond motifs is 1. The first-order valence-electron chi connectivity index (χ1n) is 9.04. The number of carboxylic acids is 1. The van der Waals surface area contributed by atoms with Crippen molar-refractivity contribution >= 4 is 11.9 Å². The Morgan fingerprint density at radius 1 is 1.42 bits per heavy atom. The van der Waals surface area contributed by atoms with Gasteiger partial charge in [-0.3, -0.25) is 9.58 Å². The van der Waals surface area contributed by atoms with Gasteiger partial charge < -0.3 is 10.4 Å². The maximum absolute atomic E-state index is 11.6. The highest BCUT2D eigenvalue weighted by molar-refractivity contribution is 5.87. The molecule has 2 aromatic heterocycles. The number of nitrogens with zero attached hydrogens (tertiary/aromatic N) is 5. The van der Waals surface area contributed by atoms with Gasteiger partial charge in [-0.25, -0.2) is 14.8 Å². The second-order valence-electron chi connectivity index (χ2n) is 6.78. The van der Waals surface area contributed by atoms with E-state index >= 15 is 0 Å². The van der Waals surface area contributed by atoms with Gasteiger partial charge in [0.15, 0.2) is 5.69 Å². The van der Waals surface area contributed by atoms with Gasteiger partial charge in [0.05, 0.1) is 0 Å². The fourth-order valence-electron chi connectivity index (χ4n) is 3.60. The second kappa shape index (κ2) is 7.82. The minimum atomic E-state index is -0.935. The lowest BCUT2D eigenvalue weighted by atomic mass is 9.90. The first-order chi connectivity index (χ1) is 12.5.